The van der Waals surface area contributed by atoms with E-state index in [1.54, 1.807) is 14.2 Å². The highest BCUT2D eigenvalue weighted by Crippen LogP contribution is 2.18. The number of ether oxygens (including phenoxy) is 2. The summed E-state index contributed by atoms with van der Waals surface area (Å²) >= 11 is 0. The highest BCUT2D eigenvalue weighted by Gasteiger charge is 2.15. The maximum Gasteiger partial charge on any atom is 0.338 e. The van der Waals surface area contributed by atoms with Crippen LogP contribution in [0.3, 0.4) is 0 Å². The quantitative estimate of drug-likeness (QED) is 0.756. The molecule has 0 unspecified atom stereocenters. The Hall–Kier alpha value is -3.33. The van der Waals surface area contributed by atoms with E-state index in [1.807, 2.05) is 30.3 Å². The van der Waals surface area contributed by atoms with Crippen LogP contribution in [0.4, 0.5) is 0 Å². The Labute approximate surface area is 146 Å². The van der Waals surface area contributed by atoms with Crippen molar-refractivity contribution in [3.8, 4) is 11.8 Å². The van der Waals surface area contributed by atoms with Crippen molar-refractivity contribution in [2.45, 2.75) is 6.54 Å². The number of rotatable bonds is 6. The van der Waals surface area contributed by atoms with Crippen LogP contribution in [-0.4, -0.2) is 37.5 Å². The molecule has 2 rings (SSSR count). The Bertz CT molecular complexity index is 794. The monoisotopic (exact) mass is 338 g/mol. The first-order valence-electron chi connectivity index (χ1n) is 7.58. The molecular weight excluding hydrogens is 320 g/mol. The number of para-hydroxylation sites is 1. The molecule has 2 aromatic rings. The van der Waals surface area contributed by atoms with Gasteiger partial charge in [-0.05, 0) is 30.3 Å². The van der Waals surface area contributed by atoms with Gasteiger partial charge in [0.2, 0.25) is 0 Å². The van der Waals surface area contributed by atoms with Crippen molar-refractivity contribution in [2.24, 2.45) is 0 Å². The van der Waals surface area contributed by atoms with E-state index in [0.717, 1.165) is 5.56 Å². The maximum atomic E-state index is 12.1. The molecule has 25 heavy (non-hydrogen) atoms. The number of nitrogens with zero attached hydrogens (tertiary/aromatic N) is 2. The molecule has 1 amide bonds. The molecule has 6 heteroatoms. The third kappa shape index (κ3) is 4.82. The summed E-state index contributed by atoms with van der Waals surface area (Å²) in [4.78, 5) is 25.5. The summed E-state index contributed by atoms with van der Waals surface area (Å²) in [5.41, 5.74) is 1.60. The smallest absolute Gasteiger partial charge is 0.338 e. The Kier molecular flexibility index (Phi) is 6.13. The van der Waals surface area contributed by atoms with Gasteiger partial charge < -0.3 is 14.4 Å². The molecule has 0 radical (unpaired) electrons. The van der Waals surface area contributed by atoms with Crippen LogP contribution in [0.1, 0.15) is 21.5 Å². The van der Waals surface area contributed by atoms with E-state index < -0.39 is 5.97 Å². The first-order chi connectivity index (χ1) is 12.0. The highest BCUT2D eigenvalue weighted by atomic mass is 16.5. The zero-order chi connectivity index (χ0) is 18.2. The number of likely N-dealkylation sites (N-methyl/N-ethyl adjacent to an activating group) is 1. The fourth-order valence-corrected chi connectivity index (χ4v) is 2.18. The number of amides is 1. The molecule has 0 bridgehead atoms. The average molecular weight is 338 g/mol. The molecule has 0 saturated heterocycles. The number of benzene rings is 2. The van der Waals surface area contributed by atoms with Crippen LogP contribution in [-0.2, 0) is 16.1 Å². The lowest BCUT2D eigenvalue weighted by Crippen LogP contribution is -2.31. The van der Waals surface area contributed by atoms with Gasteiger partial charge in [0, 0.05) is 19.2 Å². The predicted octanol–water partition coefficient (Wildman–Crippen LogP) is 2.38. The SMILES string of the molecule is COc1ccccc1CN(C)C(=O)COC(=O)c1ccc(C#N)cc1. The van der Waals surface area contributed by atoms with Gasteiger partial charge in [-0.15, -0.1) is 0 Å². The average Bonchev–Trinajstić information content (AvgIpc) is 2.66. The topological polar surface area (TPSA) is 79.6 Å². The summed E-state index contributed by atoms with van der Waals surface area (Å²) in [5.74, 6) is -0.242. The van der Waals surface area contributed by atoms with Crippen LogP contribution >= 0.6 is 0 Å². The van der Waals surface area contributed by atoms with Crippen molar-refractivity contribution in [2.75, 3.05) is 20.8 Å². The molecular formula is C19H18N2O4. The van der Waals surface area contributed by atoms with Crippen molar-refractivity contribution < 1.29 is 19.1 Å². The van der Waals surface area contributed by atoms with Gasteiger partial charge in [0.1, 0.15) is 5.75 Å². The van der Waals surface area contributed by atoms with Gasteiger partial charge in [-0.1, -0.05) is 18.2 Å². The summed E-state index contributed by atoms with van der Waals surface area (Å²) < 4.78 is 10.3. The van der Waals surface area contributed by atoms with E-state index >= 15 is 0 Å². The number of carbonyl (C=O) groups is 2. The lowest BCUT2D eigenvalue weighted by Gasteiger charge is -2.18. The van der Waals surface area contributed by atoms with Gasteiger partial charge in [0.15, 0.2) is 6.61 Å². The van der Waals surface area contributed by atoms with Crippen molar-refractivity contribution in [1.82, 2.24) is 4.90 Å². The lowest BCUT2D eigenvalue weighted by molar-refractivity contribution is -0.133. The van der Waals surface area contributed by atoms with E-state index in [9.17, 15) is 9.59 Å². The summed E-state index contributed by atoms with van der Waals surface area (Å²) in [5, 5.41) is 8.74. The Balaban J connectivity index is 1.90. The number of hydrogen-bond acceptors (Lipinski definition) is 5. The van der Waals surface area contributed by atoms with Crippen LogP contribution < -0.4 is 4.74 Å². The molecule has 0 saturated carbocycles. The second kappa shape index (κ2) is 8.50. The highest BCUT2D eigenvalue weighted by molar-refractivity contribution is 5.91. The Morgan fingerprint density at radius 3 is 2.44 bits per heavy atom. The molecule has 0 fully saturated rings. The molecule has 0 N–H and O–H groups in total. The molecule has 0 heterocycles. The van der Waals surface area contributed by atoms with Crippen molar-refractivity contribution in [3.63, 3.8) is 0 Å². The molecule has 0 aliphatic rings. The molecule has 0 spiro atoms. The Morgan fingerprint density at radius 2 is 1.80 bits per heavy atom. The van der Waals surface area contributed by atoms with E-state index in [4.69, 9.17) is 14.7 Å². The molecule has 2 aromatic carbocycles. The lowest BCUT2D eigenvalue weighted by atomic mass is 10.1. The number of methoxy groups -OCH3 is 1. The van der Waals surface area contributed by atoms with E-state index in [-0.39, 0.29) is 12.5 Å². The van der Waals surface area contributed by atoms with Crippen molar-refractivity contribution >= 4 is 11.9 Å². The van der Waals surface area contributed by atoms with Crippen LogP contribution in [0.2, 0.25) is 0 Å². The fraction of sp³-hybridized carbons (Fsp3) is 0.211. The fourth-order valence-electron chi connectivity index (χ4n) is 2.18. The minimum Gasteiger partial charge on any atom is -0.496 e. The van der Waals surface area contributed by atoms with Crippen molar-refractivity contribution in [3.05, 3.63) is 65.2 Å². The van der Waals surface area contributed by atoms with Gasteiger partial charge in [0.25, 0.3) is 5.91 Å². The summed E-state index contributed by atoms with van der Waals surface area (Å²) in [7, 11) is 3.20. The number of nitriles is 1. The van der Waals surface area contributed by atoms with E-state index in [2.05, 4.69) is 0 Å². The van der Waals surface area contributed by atoms with Gasteiger partial charge in [0.05, 0.1) is 24.3 Å². The second-order valence-corrected chi connectivity index (χ2v) is 5.33. The molecule has 0 atom stereocenters. The van der Waals surface area contributed by atoms with Crippen LogP contribution in [0.25, 0.3) is 0 Å². The first kappa shape index (κ1) is 18.0. The summed E-state index contributed by atoms with van der Waals surface area (Å²) in [6, 6.07) is 15.4. The van der Waals surface area contributed by atoms with Crippen molar-refractivity contribution in [1.29, 1.82) is 5.26 Å². The maximum absolute atomic E-state index is 12.1. The number of esters is 1. The van der Waals surface area contributed by atoms with Crippen LogP contribution in [0, 0.1) is 11.3 Å². The van der Waals surface area contributed by atoms with Gasteiger partial charge in [-0.2, -0.15) is 5.26 Å². The zero-order valence-corrected chi connectivity index (χ0v) is 14.1. The third-order valence-electron chi connectivity index (χ3n) is 3.60. The van der Waals surface area contributed by atoms with Crippen LogP contribution in [0.5, 0.6) is 5.75 Å². The molecule has 128 valence electrons. The third-order valence-corrected chi connectivity index (χ3v) is 3.60. The number of hydrogen-bond donors (Lipinski definition) is 0. The minimum absolute atomic E-state index is 0.291. The Morgan fingerprint density at radius 1 is 1.12 bits per heavy atom. The number of carbonyl (C=O) groups excluding carboxylic acids is 2. The second-order valence-electron chi connectivity index (χ2n) is 5.33. The van der Waals surface area contributed by atoms with Gasteiger partial charge >= 0.3 is 5.97 Å². The summed E-state index contributed by atoms with van der Waals surface area (Å²) in [6.45, 7) is -0.0122. The molecule has 0 aromatic heterocycles. The largest absolute Gasteiger partial charge is 0.496 e. The van der Waals surface area contributed by atoms with E-state index in [0.29, 0.717) is 23.4 Å². The van der Waals surface area contributed by atoms with Crippen LogP contribution in [0.15, 0.2) is 48.5 Å². The summed E-state index contributed by atoms with van der Waals surface area (Å²) in [6.07, 6.45) is 0. The van der Waals surface area contributed by atoms with Gasteiger partial charge in [-0.3, -0.25) is 4.79 Å². The molecule has 0 aliphatic carbocycles. The first-order valence-corrected chi connectivity index (χ1v) is 7.58. The molecule has 6 nitrogen and oxygen atoms in total. The standard InChI is InChI=1S/C19H18N2O4/c1-21(12-16-5-3-4-6-17(16)24-2)18(22)13-25-19(23)15-9-7-14(11-20)8-10-15/h3-10H,12-13H2,1-2H3. The predicted molar refractivity (Wildman–Crippen MR) is 90.9 cm³/mol. The molecule has 0 aliphatic heterocycles. The normalized spacial score (nSPS) is 9.80. The van der Waals surface area contributed by atoms with Gasteiger partial charge in [-0.25, -0.2) is 4.79 Å². The van der Waals surface area contributed by atoms with E-state index in [1.165, 1.54) is 29.2 Å². The zero-order valence-electron chi connectivity index (χ0n) is 14.1. The minimum atomic E-state index is -0.608.